The van der Waals surface area contributed by atoms with Crippen molar-refractivity contribution < 1.29 is 14.7 Å². The number of carbonyl (C=O) groups is 2. The van der Waals surface area contributed by atoms with Gasteiger partial charge in [-0.2, -0.15) is 0 Å². The van der Waals surface area contributed by atoms with Crippen molar-refractivity contribution in [1.82, 2.24) is 10.6 Å². The fraction of sp³-hybridized carbons (Fsp3) is 0.467. The van der Waals surface area contributed by atoms with Crippen LogP contribution in [0.25, 0.3) is 0 Å². The van der Waals surface area contributed by atoms with Crippen LogP contribution in [0, 0.1) is 0 Å². The molecule has 0 fully saturated rings. The number of hydrogen-bond donors (Lipinski definition) is 3. The molecule has 0 radical (unpaired) electrons. The van der Waals surface area contributed by atoms with Gasteiger partial charge in [-0.1, -0.05) is 29.8 Å². The van der Waals surface area contributed by atoms with Crippen LogP contribution in [0.1, 0.15) is 45.2 Å². The Balaban J connectivity index is 2.57. The molecule has 0 aliphatic rings. The number of benzene rings is 1. The van der Waals surface area contributed by atoms with E-state index in [1.54, 1.807) is 19.9 Å². The summed E-state index contributed by atoms with van der Waals surface area (Å²) in [5.41, 5.74) is 0.237. The lowest BCUT2D eigenvalue weighted by Crippen LogP contribution is -2.49. The maximum atomic E-state index is 12.0. The number of carbonyl (C=O) groups excluding carboxylic acids is 1. The van der Waals surface area contributed by atoms with Crippen LogP contribution in [0.4, 0.5) is 4.79 Å². The average molecular weight is 313 g/mol. The number of urea groups is 1. The van der Waals surface area contributed by atoms with Gasteiger partial charge in [0, 0.05) is 17.0 Å². The molecular weight excluding hydrogens is 292 g/mol. The lowest BCUT2D eigenvalue weighted by molar-refractivity contribution is -0.137. The largest absolute Gasteiger partial charge is 0.481 e. The van der Waals surface area contributed by atoms with Gasteiger partial charge in [0.1, 0.15) is 0 Å². The molecule has 0 aliphatic heterocycles. The summed E-state index contributed by atoms with van der Waals surface area (Å²) < 4.78 is 0. The molecule has 1 aromatic carbocycles. The molecule has 0 aromatic heterocycles. The van der Waals surface area contributed by atoms with Crippen LogP contribution in [0.3, 0.4) is 0 Å². The van der Waals surface area contributed by atoms with E-state index in [9.17, 15) is 9.59 Å². The maximum Gasteiger partial charge on any atom is 0.315 e. The second-order valence-electron chi connectivity index (χ2n) is 5.62. The van der Waals surface area contributed by atoms with Crippen molar-refractivity contribution in [3.8, 4) is 0 Å². The van der Waals surface area contributed by atoms with E-state index in [-0.39, 0.29) is 18.5 Å². The number of rotatable bonds is 6. The summed E-state index contributed by atoms with van der Waals surface area (Å²) in [6, 6.07) is 6.71. The fourth-order valence-corrected chi connectivity index (χ4v) is 2.23. The predicted molar refractivity (Wildman–Crippen MR) is 82.5 cm³/mol. The van der Waals surface area contributed by atoms with Gasteiger partial charge in [-0.15, -0.1) is 0 Å². The Labute approximate surface area is 129 Å². The SMILES string of the molecule is CC(NC(=O)NC(C)(C)CCC(=O)O)c1ccccc1Cl. The van der Waals surface area contributed by atoms with Crippen LogP contribution < -0.4 is 10.6 Å². The quantitative estimate of drug-likeness (QED) is 0.753. The minimum atomic E-state index is -0.880. The van der Waals surface area contributed by atoms with Gasteiger partial charge in [0.05, 0.1) is 6.04 Å². The van der Waals surface area contributed by atoms with Crippen LogP contribution >= 0.6 is 11.6 Å². The maximum absolute atomic E-state index is 12.0. The smallest absolute Gasteiger partial charge is 0.315 e. The van der Waals surface area contributed by atoms with Crippen LogP contribution in [-0.4, -0.2) is 22.6 Å². The molecule has 0 saturated carbocycles. The summed E-state index contributed by atoms with van der Waals surface area (Å²) in [5, 5.41) is 14.9. The van der Waals surface area contributed by atoms with Gasteiger partial charge in [-0.25, -0.2) is 4.79 Å². The zero-order valence-electron chi connectivity index (χ0n) is 12.4. The number of aliphatic carboxylic acids is 1. The van der Waals surface area contributed by atoms with Crippen molar-refractivity contribution in [2.45, 2.75) is 45.2 Å². The average Bonchev–Trinajstić information content (AvgIpc) is 2.36. The monoisotopic (exact) mass is 312 g/mol. The van der Waals surface area contributed by atoms with Crippen molar-refractivity contribution in [1.29, 1.82) is 0 Å². The first-order chi connectivity index (χ1) is 9.71. The Bertz CT molecular complexity index is 517. The summed E-state index contributed by atoms with van der Waals surface area (Å²) in [5.74, 6) is -0.880. The Morgan fingerprint density at radius 2 is 1.95 bits per heavy atom. The predicted octanol–water partition coefficient (Wildman–Crippen LogP) is 3.34. The fourth-order valence-electron chi connectivity index (χ4n) is 1.93. The molecule has 116 valence electrons. The zero-order valence-corrected chi connectivity index (χ0v) is 13.2. The molecule has 6 heteroatoms. The van der Waals surface area contributed by atoms with Gasteiger partial charge >= 0.3 is 12.0 Å². The van der Waals surface area contributed by atoms with Crippen LogP contribution in [-0.2, 0) is 4.79 Å². The van der Waals surface area contributed by atoms with E-state index in [4.69, 9.17) is 16.7 Å². The first-order valence-electron chi connectivity index (χ1n) is 6.76. The molecular formula is C15H21ClN2O3. The minimum absolute atomic E-state index is 0.00729. The highest BCUT2D eigenvalue weighted by atomic mass is 35.5. The number of carboxylic acid groups (broad SMARTS) is 1. The third-order valence-corrected chi connectivity index (χ3v) is 3.48. The van der Waals surface area contributed by atoms with E-state index in [0.717, 1.165) is 5.56 Å². The molecule has 0 saturated heterocycles. The Morgan fingerprint density at radius 1 is 1.33 bits per heavy atom. The summed E-state index contributed by atoms with van der Waals surface area (Å²) in [4.78, 5) is 22.6. The van der Waals surface area contributed by atoms with Crippen molar-refractivity contribution >= 4 is 23.6 Å². The minimum Gasteiger partial charge on any atom is -0.481 e. The van der Waals surface area contributed by atoms with Gasteiger partial charge in [0.2, 0.25) is 0 Å². The van der Waals surface area contributed by atoms with Gasteiger partial charge in [0.15, 0.2) is 0 Å². The lowest BCUT2D eigenvalue weighted by Gasteiger charge is -2.27. The highest BCUT2D eigenvalue weighted by Crippen LogP contribution is 2.22. The van der Waals surface area contributed by atoms with Crippen LogP contribution in [0.15, 0.2) is 24.3 Å². The normalized spacial score (nSPS) is 12.6. The Hall–Kier alpha value is -1.75. The first kappa shape index (κ1) is 17.3. The van der Waals surface area contributed by atoms with Crippen molar-refractivity contribution in [3.63, 3.8) is 0 Å². The first-order valence-corrected chi connectivity index (χ1v) is 7.14. The van der Waals surface area contributed by atoms with Gasteiger partial charge in [0.25, 0.3) is 0 Å². The van der Waals surface area contributed by atoms with Crippen LogP contribution in [0.2, 0.25) is 5.02 Å². The molecule has 0 spiro atoms. The molecule has 21 heavy (non-hydrogen) atoms. The Morgan fingerprint density at radius 3 is 2.52 bits per heavy atom. The highest BCUT2D eigenvalue weighted by Gasteiger charge is 2.22. The number of hydrogen-bond acceptors (Lipinski definition) is 2. The van der Waals surface area contributed by atoms with Crippen molar-refractivity contribution in [3.05, 3.63) is 34.9 Å². The second-order valence-corrected chi connectivity index (χ2v) is 6.03. The van der Waals surface area contributed by atoms with Gasteiger partial charge < -0.3 is 15.7 Å². The van der Waals surface area contributed by atoms with E-state index >= 15 is 0 Å². The Kier molecular flexibility index (Phi) is 6.03. The number of halogens is 1. The summed E-state index contributed by atoms with van der Waals surface area (Å²) in [6.07, 6.45) is 0.365. The van der Waals surface area contributed by atoms with Crippen LogP contribution in [0.5, 0.6) is 0 Å². The number of amides is 2. The second kappa shape index (κ2) is 7.31. The van der Waals surface area contributed by atoms with E-state index in [2.05, 4.69) is 10.6 Å². The van der Waals surface area contributed by atoms with E-state index in [1.165, 1.54) is 0 Å². The lowest BCUT2D eigenvalue weighted by atomic mass is 9.99. The summed E-state index contributed by atoms with van der Waals surface area (Å²) >= 11 is 6.08. The molecule has 0 bridgehead atoms. The molecule has 0 aliphatic carbocycles. The standard InChI is InChI=1S/C15H21ClN2O3/c1-10(11-6-4-5-7-12(11)16)17-14(21)18-15(2,3)9-8-13(19)20/h4-7,10H,8-9H2,1-3H3,(H,19,20)(H2,17,18,21). The van der Waals surface area contributed by atoms with Gasteiger partial charge in [-0.05, 0) is 38.8 Å². The van der Waals surface area contributed by atoms with E-state index in [1.807, 2.05) is 25.1 Å². The molecule has 2 amide bonds. The number of nitrogens with one attached hydrogen (secondary N) is 2. The third-order valence-electron chi connectivity index (χ3n) is 3.14. The molecule has 1 unspecified atom stereocenters. The van der Waals surface area contributed by atoms with E-state index in [0.29, 0.717) is 11.4 Å². The van der Waals surface area contributed by atoms with Crippen molar-refractivity contribution in [2.24, 2.45) is 0 Å². The zero-order chi connectivity index (χ0) is 16.0. The molecule has 1 atom stereocenters. The molecule has 1 aromatic rings. The topological polar surface area (TPSA) is 78.4 Å². The van der Waals surface area contributed by atoms with Crippen molar-refractivity contribution in [2.75, 3.05) is 0 Å². The molecule has 3 N–H and O–H groups in total. The van der Waals surface area contributed by atoms with E-state index < -0.39 is 11.5 Å². The third kappa shape index (κ3) is 6.04. The molecule has 5 nitrogen and oxygen atoms in total. The van der Waals surface area contributed by atoms with Gasteiger partial charge in [-0.3, -0.25) is 4.79 Å². The number of carboxylic acids is 1. The highest BCUT2D eigenvalue weighted by molar-refractivity contribution is 6.31. The molecule has 1 rings (SSSR count). The summed E-state index contributed by atoms with van der Waals surface area (Å²) in [7, 11) is 0. The summed E-state index contributed by atoms with van der Waals surface area (Å²) in [6.45, 7) is 5.41. The molecule has 0 heterocycles.